The zero-order valence-electron chi connectivity index (χ0n) is 10.8. The molecule has 0 aliphatic carbocycles. The van der Waals surface area contributed by atoms with Crippen molar-refractivity contribution >= 4 is 29.4 Å². The topological polar surface area (TPSA) is 85.2 Å². The van der Waals surface area contributed by atoms with Gasteiger partial charge < -0.3 is 15.1 Å². The van der Waals surface area contributed by atoms with Crippen LogP contribution in [0.2, 0.25) is 0 Å². The van der Waals surface area contributed by atoms with Crippen molar-refractivity contribution in [2.24, 2.45) is 5.73 Å². The molecule has 1 unspecified atom stereocenters. The molecule has 0 spiro atoms. The maximum atomic E-state index is 11.4. The fourth-order valence-corrected chi connectivity index (χ4v) is 2.29. The monoisotopic (exact) mass is 290 g/mol. The highest BCUT2D eigenvalue weighted by molar-refractivity contribution is 7.99. The average Bonchev–Trinajstić information content (AvgIpc) is 2.81. The van der Waals surface area contributed by atoms with Crippen LogP contribution in [0, 0.1) is 0 Å². The number of amides is 1. The molecule has 1 rings (SSSR count). The summed E-state index contributed by atoms with van der Waals surface area (Å²) in [5.41, 5.74) is 5.90. The van der Waals surface area contributed by atoms with Crippen LogP contribution in [-0.4, -0.2) is 52.9 Å². The molecule has 18 heavy (non-hydrogen) atoms. The van der Waals surface area contributed by atoms with E-state index in [1.807, 2.05) is 6.26 Å². The molecule has 1 aromatic rings. The van der Waals surface area contributed by atoms with Crippen LogP contribution < -0.4 is 5.73 Å². The number of hydrogen-bond donors (Lipinski definition) is 1. The second-order valence-electron chi connectivity index (χ2n) is 3.87. The molecule has 0 radical (unpaired) electrons. The van der Waals surface area contributed by atoms with E-state index in [4.69, 9.17) is 10.2 Å². The smallest absolute Gasteiger partial charge is 0.277 e. The molecule has 6 nitrogen and oxygen atoms in total. The molecule has 0 aromatic carbocycles. The molecule has 1 aromatic heterocycles. The number of hydrogen-bond acceptors (Lipinski definition) is 7. The van der Waals surface area contributed by atoms with Crippen LogP contribution in [0.3, 0.4) is 0 Å². The van der Waals surface area contributed by atoms with Crippen LogP contribution in [0.15, 0.2) is 9.64 Å². The standard InChI is InChI=1S/C10H18N4O2S2/c1-14(2)8(15)6-18-10-13-12-9(16-10)7(11)4-5-17-3/h7H,4-6,11H2,1-3H3. The van der Waals surface area contributed by atoms with Gasteiger partial charge >= 0.3 is 0 Å². The zero-order valence-corrected chi connectivity index (χ0v) is 12.4. The molecule has 1 amide bonds. The van der Waals surface area contributed by atoms with Gasteiger partial charge in [0.1, 0.15) is 0 Å². The second-order valence-corrected chi connectivity index (χ2v) is 5.78. The maximum Gasteiger partial charge on any atom is 0.277 e. The summed E-state index contributed by atoms with van der Waals surface area (Å²) in [6, 6.07) is -0.233. The van der Waals surface area contributed by atoms with Gasteiger partial charge in [-0.1, -0.05) is 11.8 Å². The molecule has 102 valence electrons. The minimum Gasteiger partial charge on any atom is -0.414 e. The van der Waals surface area contributed by atoms with E-state index in [9.17, 15) is 4.79 Å². The van der Waals surface area contributed by atoms with Gasteiger partial charge in [0.25, 0.3) is 5.22 Å². The SMILES string of the molecule is CSCCC(N)c1nnc(SCC(=O)N(C)C)o1. The molecular formula is C10H18N4O2S2. The van der Waals surface area contributed by atoms with E-state index in [0.29, 0.717) is 11.1 Å². The summed E-state index contributed by atoms with van der Waals surface area (Å²) in [5.74, 6) is 1.68. The van der Waals surface area contributed by atoms with E-state index < -0.39 is 0 Å². The van der Waals surface area contributed by atoms with Crippen LogP contribution in [-0.2, 0) is 4.79 Å². The van der Waals surface area contributed by atoms with Gasteiger partial charge in [0.2, 0.25) is 11.8 Å². The highest BCUT2D eigenvalue weighted by Gasteiger charge is 2.15. The van der Waals surface area contributed by atoms with E-state index in [-0.39, 0.29) is 17.7 Å². The Morgan fingerprint density at radius 1 is 1.50 bits per heavy atom. The second kappa shape index (κ2) is 7.65. The Kier molecular flexibility index (Phi) is 6.51. The fraction of sp³-hybridized carbons (Fsp3) is 0.700. The normalized spacial score (nSPS) is 12.4. The van der Waals surface area contributed by atoms with E-state index in [1.54, 1.807) is 25.9 Å². The first-order valence-electron chi connectivity index (χ1n) is 5.45. The third-order valence-corrected chi connectivity index (χ3v) is 3.64. The zero-order chi connectivity index (χ0) is 13.5. The molecule has 1 atom stereocenters. The summed E-state index contributed by atoms with van der Waals surface area (Å²) in [4.78, 5) is 12.9. The van der Waals surface area contributed by atoms with Crippen molar-refractivity contribution in [1.82, 2.24) is 15.1 Å². The van der Waals surface area contributed by atoms with Crippen molar-refractivity contribution in [1.29, 1.82) is 0 Å². The number of rotatable bonds is 7. The van der Waals surface area contributed by atoms with E-state index in [1.165, 1.54) is 16.7 Å². The number of carbonyl (C=O) groups excluding carboxylic acids is 1. The van der Waals surface area contributed by atoms with Crippen LogP contribution in [0.5, 0.6) is 0 Å². The van der Waals surface area contributed by atoms with E-state index in [0.717, 1.165) is 12.2 Å². The Morgan fingerprint density at radius 3 is 2.83 bits per heavy atom. The molecule has 2 N–H and O–H groups in total. The molecule has 0 bridgehead atoms. The lowest BCUT2D eigenvalue weighted by molar-refractivity contribution is -0.125. The van der Waals surface area contributed by atoms with Crippen molar-refractivity contribution < 1.29 is 9.21 Å². The molecule has 0 saturated heterocycles. The predicted molar refractivity (Wildman–Crippen MR) is 73.6 cm³/mol. The van der Waals surface area contributed by atoms with Gasteiger partial charge in [0.15, 0.2) is 0 Å². The lowest BCUT2D eigenvalue weighted by Gasteiger charge is -2.07. The minimum atomic E-state index is -0.233. The van der Waals surface area contributed by atoms with Gasteiger partial charge in [-0.15, -0.1) is 10.2 Å². The number of aromatic nitrogens is 2. The number of thioether (sulfide) groups is 2. The number of nitrogens with zero attached hydrogens (tertiary/aromatic N) is 3. The number of nitrogens with two attached hydrogens (primary N) is 1. The van der Waals surface area contributed by atoms with Crippen LogP contribution in [0.1, 0.15) is 18.4 Å². The highest BCUT2D eigenvalue weighted by Crippen LogP contribution is 2.20. The Balaban J connectivity index is 2.45. The molecule has 8 heteroatoms. The van der Waals surface area contributed by atoms with Crippen molar-refractivity contribution in [3.63, 3.8) is 0 Å². The van der Waals surface area contributed by atoms with Gasteiger partial charge in [0, 0.05) is 14.1 Å². The molecule has 0 aliphatic rings. The van der Waals surface area contributed by atoms with E-state index in [2.05, 4.69) is 10.2 Å². The summed E-state index contributed by atoms with van der Waals surface area (Å²) >= 11 is 2.95. The fourth-order valence-electron chi connectivity index (χ4n) is 1.05. The molecular weight excluding hydrogens is 272 g/mol. The summed E-state index contributed by atoms with van der Waals surface area (Å²) in [6.07, 6.45) is 2.82. The largest absolute Gasteiger partial charge is 0.414 e. The number of carbonyl (C=O) groups is 1. The summed E-state index contributed by atoms with van der Waals surface area (Å²) in [5, 5.41) is 8.15. The first-order chi connectivity index (χ1) is 8.54. The summed E-state index contributed by atoms with van der Waals surface area (Å²) in [7, 11) is 3.42. The Morgan fingerprint density at radius 2 is 2.22 bits per heavy atom. The van der Waals surface area contributed by atoms with Gasteiger partial charge in [-0.05, 0) is 18.4 Å². The van der Waals surface area contributed by atoms with Gasteiger partial charge in [-0.3, -0.25) is 4.79 Å². The third-order valence-electron chi connectivity index (χ3n) is 2.19. The molecule has 0 fully saturated rings. The van der Waals surface area contributed by atoms with Crippen molar-refractivity contribution in [2.45, 2.75) is 17.7 Å². The van der Waals surface area contributed by atoms with Gasteiger partial charge in [-0.2, -0.15) is 11.8 Å². The molecule has 0 aliphatic heterocycles. The van der Waals surface area contributed by atoms with E-state index >= 15 is 0 Å². The minimum absolute atomic E-state index is 0.00596. The Labute approximate surface area is 115 Å². The predicted octanol–water partition coefficient (Wildman–Crippen LogP) is 1.00. The lowest BCUT2D eigenvalue weighted by atomic mass is 10.2. The van der Waals surface area contributed by atoms with Crippen LogP contribution in [0.4, 0.5) is 0 Å². The quantitative estimate of drug-likeness (QED) is 0.750. The van der Waals surface area contributed by atoms with Gasteiger partial charge in [0.05, 0.1) is 11.8 Å². The van der Waals surface area contributed by atoms with Crippen molar-refractivity contribution in [3.05, 3.63) is 5.89 Å². The summed E-state index contributed by atoms with van der Waals surface area (Å²) < 4.78 is 5.41. The third kappa shape index (κ3) is 4.87. The van der Waals surface area contributed by atoms with Crippen molar-refractivity contribution in [2.75, 3.05) is 31.9 Å². The summed E-state index contributed by atoms with van der Waals surface area (Å²) in [6.45, 7) is 0. The maximum absolute atomic E-state index is 11.4. The van der Waals surface area contributed by atoms with Crippen LogP contribution in [0.25, 0.3) is 0 Å². The first kappa shape index (κ1) is 15.3. The van der Waals surface area contributed by atoms with Crippen LogP contribution >= 0.6 is 23.5 Å². The molecule has 0 saturated carbocycles. The lowest BCUT2D eigenvalue weighted by Crippen LogP contribution is -2.23. The first-order valence-corrected chi connectivity index (χ1v) is 7.83. The van der Waals surface area contributed by atoms with Crippen molar-refractivity contribution in [3.8, 4) is 0 Å². The highest BCUT2D eigenvalue weighted by atomic mass is 32.2. The Bertz CT molecular complexity index is 384. The van der Waals surface area contributed by atoms with Gasteiger partial charge in [-0.25, -0.2) is 0 Å². The molecule has 1 heterocycles. The Hall–Kier alpha value is -0.730. The average molecular weight is 290 g/mol.